The quantitative estimate of drug-likeness (QED) is 0.511. The topological polar surface area (TPSA) is 18.5 Å². The van der Waals surface area contributed by atoms with E-state index in [0.717, 1.165) is 42.9 Å². The van der Waals surface area contributed by atoms with E-state index in [4.69, 9.17) is 9.47 Å². The monoisotopic (exact) mass is 234 g/mol. The van der Waals surface area contributed by atoms with Crippen LogP contribution in [0.25, 0.3) is 0 Å². The van der Waals surface area contributed by atoms with Gasteiger partial charge in [-0.3, -0.25) is 0 Å². The van der Waals surface area contributed by atoms with Crippen molar-refractivity contribution in [2.45, 2.75) is 40.0 Å². The minimum Gasteiger partial charge on any atom is -0.490 e. The molecule has 17 heavy (non-hydrogen) atoms. The van der Waals surface area contributed by atoms with Crippen molar-refractivity contribution in [1.29, 1.82) is 0 Å². The molecule has 0 bridgehead atoms. The summed E-state index contributed by atoms with van der Waals surface area (Å²) < 4.78 is 11.4. The third kappa shape index (κ3) is 4.51. The maximum Gasteiger partial charge on any atom is 0.171 e. The average Bonchev–Trinajstić information content (AvgIpc) is 2.33. The highest BCUT2D eigenvalue weighted by molar-refractivity contribution is 5.46. The molecule has 0 saturated heterocycles. The van der Waals surface area contributed by atoms with Gasteiger partial charge in [0.15, 0.2) is 11.5 Å². The van der Waals surface area contributed by atoms with Gasteiger partial charge >= 0.3 is 0 Å². The molecule has 0 aliphatic heterocycles. The predicted molar refractivity (Wildman–Crippen MR) is 71.6 cm³/mol. The van der Waals surface area contributed by atoms with Gasteiger partial charge in [0.2, 0.25) is 0 Å². The molecule has 0 atom stereocenters. The molecular formula is C15H22O2. The second-order valence-electron chi connectivity index (χ2n) is 4.00. The van der Waals surface area contributed by atoms with Crippen molar-refractivity contribution in [2.24, 2.45) is 0 Å². The van der Waals surface area contributed by atoms with Crippen LogP contribution in [-0.2, 0) is 0 Å². The van der Waals surface area contributed by atoms with Crippen molar-refractivity contribution in [3.8, 4) is 11.5 Å². The van der Waals surface area contributed by atoms with Crippen LogP contribution in [0.15, 0.2) is 30.5 Å². The smallest absolute Gasteiger partial charge is 0.171 e. The molecule has 0 amide bonds. The number of rotatable bonds is 7. The van der Waals surface area contributed by atoms with Crippen molar-refractivity contribution >= 4 is 0 Å². The number of para-hydroxylation sites is 1. The molecule has 0 aliphatic carbocycles. The summed E-state index contributed by atoms with van der Waals surface area (Å²) in [6.07, 6.45) is 6.89. The molecule has 0 saturated carbocycles. The molecule has 0 unspecified atom stereocenters. The highest BCUT2D eigenvalue weighted by atomic mass is 16.5. The Bertz CT molecular complexity index is 356. The minimum absolute atomic E-state index is 0.744. The lowest BCUT2D eigenvalue weighted by molar-refractivity contribution is 0.294. The number of ether oxygens (including phenoxy) is 2. The fraction of sp³-hybridized carbons (Fsp3) is 0.467. The number of unbranched alkanes of at least 4 members (excludes halogenated alkanes) is 1. The number of benzene rings is 1. The van der Waals surface area contributed by atoms with Crippen LogP contribution in [0, 0.1) is 6.92 Å². The first kappa shape index (κ1) is 13.6. The highest BCUT2D eigenvalue weighted by Crippen LogP contribution is 2.31. The van der Waals surface area contributed by atoms with Crippen molar-refractivity contribution in [2.75, 3.05) is 6.61 Å². The van der Waals surface area contributed by atoms with E-state index in [0.29, 0.717) is 0 Å². The zero-order valence-electron chi connectivity index (χ0n) is 11.0. The first-order valence-electron chi connectivity index (χ1n) is 6.33. The maximum absolute atomic E-state index is 5.73. The molecule has 1 aromatic carbocycles. The second kappa shape index (κ2) is 7.77. The summed E-state index contributed by atoms with van der Waals surface area (Å²) >= 11 is 0. The lowest BCUT2D eigenvalue weighted by atomic mass is 10.2. The van der Waals surface area contributed by atoms with Gasteiger partial charge in [0.05, 0.1) is 12.9 Å². The molecule has 1 rings (SSSR count). The molecule has 1 aromatic rings. The molecule has 94 valence electrons. The Kier molecular flexibility index (Phi) is 6.23. The molecule has 2 nitrogen and oxygen atoms in total. The van der Waals surface area contributed by atoms with Crippen molar-refractivity contribution in [1.82, 2.24) is 0 Å². The fourth-order valence-corrected chi connectivity index (χ4v) is 1.43. The van der Waals surface area contributed by atoms with Crippen LogP contribution < -0.4 is 9.47 Å². The SMILES string of the molecule is CCC=COc1c(C)cccc1OCCCC. The first-order valence-corrected chi connectivity index (χ1v) is 6.33. The van der Waals surface area contributed by atoms with Gasteiger partial charge in [0.25, 0.3) is 0 Å². The van der Waals surface area contributed by atoms with E-state index < -0.39 is 0 Å². The Morgan fingerprint density at radius 3 is 2.76 bits per heavy atom. The lowest BCUT2D eigenvalue weighted by Crippen LogP contribution is -1.99. The van der Waals surface area contributed by atoms with Gasteiger partial charge in [0, 0.05) is 0 Å². The van der Waals surface area contributed by atoms with Crippen LogP contribution in [-0.4, -0.2) is 6.61 Å². The normalized spacial score (nSPS) is 10.8. The summed E-state index contributed by atoms with van der Waals surface area (Å²) in [6.45, 7) is 7.01. The summed E-state index contributed by atoms with van der Waals surface area (Å²) in [7, 11) is 0. The van der Waals surface area contributed by atoms with E-state index in [2.05, 4.69) is 13.8 Å². The van der Waals surface area contributed by atoms with Crippen LogP contribution in [0.3, 0.4) is 0 Å². The van der Waals surface area contributed by atoms with E-state index in [1.165, 1.54) is 0 Å². The van der Waals surface area contributed by atoms with Crippen LogP contribution in [0.4, 0.5) is 0 Å². The third-order valence-corrected chi connectivity index (χ3v) is 2.45. The van der Waals surface area contributed by atoms with Gasteiger partial charge < -0.3 is 9.47 Å². The van der Waals surface area contributed by atoms with Crippen molar-refractivity contribution < 1.29 is 9.47 Å². The molecule has 0 N–H and O–H groups in total. The first-order chi connectivity index (χ1) is 8.29. The van der Waals surface area contributed by atoms with Crippen molar-refractivity contribution in [3.05, 3.63) is 36.1 Å². The zero-order valence-corrected chi connectivity index (χ0v) is 11.0. The van der Waals surface area contributed by atoms with E-state index in [9.17, 15) is 0 Å². The number of aryl methyl sites for hydroxylation is 1. The van der Waals surface area contributed by atoms with E-state index in [1.54, 1.807) is 6.26 Å². The van der Waals surface area contributed by atoms with Gasteiger partial charge in [-0.2, -0.15) is 0 Å². The van der Waals surface area contributed by atoms with Gasteiger partial charge in [-0.25, -0.2) is 0 Å². The van der Waals surface area contributed by atoms with E-state index >= 15 is 0 Å². The minimum atomic E-state index is 0.744. The van der Waals surface area contributed by atoms with Gasteiger partial charge in [0.1, 0.15) is 0 Å². The summed E-state index contributed by atoms with van der Waals surface area (Å²) in [5.74, 6) is 1.66. The molecule has 2 heteroatoms. The van der Waals surface area contributed by atoms with Crippen molar-refractivity contribution in [3.63, 3.8) is 0 Å². The Morgan fingerprint density at radius 1 is 1.24 bits per heavy atom. The summed E-state index contributed by atoms with van der Waals surface area (Å²) in [4.78, 5) is 0. The third-order valence-electron chi connectivity index (χ3n) is 2.45. The number of hydrogen-bond acceptors (Lipinski definition) is 2. The van der Waals surface area contributed by atoms with E-state index in [-0.39, 0.29) is 0 Å². The summed E-state index contributed by atoms with van der Waals surface area (Å²) in [5, 5.41) is 0. The maximum atomic E-state index is 5.73. The Hall–Kier alpha value is -1.44. The van der Waals surface area contributed by atoms with Gasteiger partial charge in [-0.05, 0) is 37.5 Å². The predicted octanol–water partition coefficient (Wildman–Crippen LogP) is 4.48. The van der Waals surface area contributed by atoms with Crippen LogP contribution in [0.5, 0.6) is 11.5 Å². The molecule has 0 radical (unpaired) electrons. The number of hydrogen-bond donors (Lipinski definition) is 0. The standard InChI is InChI=1S/C15H22O2/c1-4-6-11-16-14-10-8-9-13(3)15(14)17-12-7-5-2/h7-10,12H,4-6,11H2,1-3H3. The molecule has 0 heterocycles. The number of allylic oxidation sites excluding steroid dienone is 1. The zero-order chi connectivity index (χ0) is 12.5. The Labute approximate surface area is 104 Å². The van der Waals surface area contributed by atoms with Crippen LogP contribution in [0.1, 0.15) is 38.7 Å². The summed E-state index contributed by atoms with van der Waals surface area (Å²) in [6, 6.07) is 5.98. The molecular weight excluding hydrogens is 212 g/mol. The second-order valence-corrected chi connectivity index (χ2v) is 4.00. The van der Waals surface area contributed by atoms with Gasteiger partial charge in [-0.15, -0.1) is 0 Å². The average molecular weight is 234 g/mol. The van der Waals surface area contributed by atoms with Crippen LogP contribution in [0.2, 0.25) is 0 Å². The van der Waals surface area contributed by atoms with E-state index in [1.807, 2.05) is 31.2 Å². The molecule has 0 aliphatic rings. The Morgan fingerprint density at radius 2 is 2.06 bits per heavy atom. The molecule has 0 aromatic heterocycles. The lowest BCUT2D eigenvalue weighted by Gasteiger charge is -2.12. The Balaban J connectivity index is 2.73. The fourth-order valence-electron chi connectivity index (χ4n) is 1.43. The van der Waals surface area contributed by atoms with Crippen LogP contribution >= 0.6 is 0 Å². The summed E-state index contributed by atoms with van der Waals surface area (Å²) in [5.41, 5.74) is 1.10. The highest BCUT2D eigenvalue weighted by Gasteiger charge is 2.06. The molecule has 0 fully saturated rings. The van der Waals surface area contributed by atoms with Gasteiger partial charge in [-0.1, -0.05) is 32.4 Å². The largest absolute Gasteiger partial charge is 0.490 e. The molecule has 0 spiro atoms.